The first-order chi connectivity index (χ1) is 16.6. The number of carbonyl (C=O) groups excluding carboxylic acids is 1. The van der Waals surface area contributed by atoms with Gasteiger partial charge in [-0.25, -0.2) is 13.6 Å². The maximum absolute atomic E-state index is 13.4. The molecule has 9 heteroatoms. The normalized spacial score (nSPS) is 40.5. The van der Waals surface area contributed by atoms with E-state index in [2.05, 4.69) is 26.8 Å². The summed E-state index contributed by atoms with van der Waals surface area (Å²) in [7, 11) is 1.68. The molecule has 198 valence electrons. The van der Waals surface area contributed by atoms with Crippen molar-refractivity contribution in [2.75, 3.05) is 46.4 Å². The van der Waals surface area contributed by atoms with Crippen LogP contribution in [0.15, 0.2) is 11.6 Å². The fourth-order valence-corrected chi connectivity index (χ4v) is 6.54. The van der Waals surface area contributed by atoms with Crippen molar-refractivity contribution >= 4 is 6.09 Å². The van der Waals surface area contributed by atoms with Gasteiger partial charge in [-0.15, -0.1) is 0 Å². The first-order valence-electron chi connectivity index (χ1n) is 13.1. The first kappa shape index (κ1) is 25.4. The summed E-state index contributed by atoms with van der Waals surface area (Å²) in [6.45, 7) is 9.22. The minimum atomic E-state index is -2.55. The number of nitrogens with zero attached hydrogens (tertiary/aromatic N) is 2. The maximum atomic E-state index is 13.4. The zero-order valence-corrected chi connectivity index (χ0v) is 21.4. The summed E-state index contributed by atoms with van der Waals surface area (Å²) >= 11 is 0. The average molecular weight is 499 g/mol. The van der Waals surface area contributed by atoms with Gasteiger partial charge in [0.25, 0.3) is 5.92 Å². The van der Waals surface area contributed by atoms with Crippen molar-refractivity contribution in [1.29, 1.82) is 0 Å². The van der Waals surface area contributed by atoms with Crippen LogP contribution in [-0.2, 0) is 18.9 Å². The van der Waals surface area contributed by atoms with E-state index in [1.807, 2.05) is 4.90 Å². The van der Waals surface area contributed by atoms with Gasteiger partial charge in [-0.3, -0.25) is 4.90 Å². The van der Waals surface area contributed by atoms with Crippen LogP contribution in [0.4, 0.5) is 13.6 Å². The van der Waals surface area contributed by atoms with E-state index >= 15 is 0 Å². The summed E-state index contributed by atoms with van der Waals surface area (Å²) in [5.74, 6) is -2.21. The summed E-state index contributed by atoms with van der Waals surface area (Å²) in [4.78, 5) is 16.5. The molecule has 4 aliphatic heterocycles. The number of methoxy groups -OCH3 is 1. The van der Waals surface area contributed by atoms with E-state index in [0.29, 0.717) is 45.1 Å². The number of hydrogen-bond acceptors (Lipinski definition) is 6. The molecule has 0 aromatic heterocycles. The molecule has 4 heterocycles. The van der Waals surface area contributed by atoms with Crippen LogP contribution in [0.3, 0.4) is 0 Å². The second-order valence-corrected chi connectivity index (χ2v) is 11.7. The number of epoxide rings is 2. The van der Waals surface area contributed by atoms with Gasteiger partial charge in [-0.1, -0.05) is 11.6 Å². The molecule has 0 N–H and O–H groups in total. The molecule has 1 amide bonds. The molecule has 1 spiro atoms. The van der Waals surface area contributed by atoms with Gasteiger partial charge in [0.1, 0.15) is 23.4 Å². The van der Waals surface area contributed by atoms with Gasteiger partial charge in [0.2, 0.25) is 0 Å². The van der Waals surface area contributed by atoms with Crippen molar-refractivity contribution in [2.24, 2.45) is 11.8 Å². The minimum Gasteiger partial charge on any atom is -0.443 e. The van der Waals surface area contributed by atoms with Gasteiger partial charge in [-0.2, -0.15) is 0 Å². The molecule has 0 bridgehead atoms. The fourth-order valence-electron chi connectivity index (χ4n) is 6.54. The molecule has 5 rings (SSSR count). The number of carbonyl (C=O) groups is 1. The number of rotatable bonds is 8. The Kier molecular flexibility index (Phi) is 6.69. The summed E-state index contributed by atoms with van der Waals surface area (Å²) in [5, 5.41) is 0. The predicted molar refractivity (Wildman–Crippen MR) is 125 cm³/mol. The topological polar surface area (TPSA) is 67.1 Å². The van der Waals surface area contributed by atoms with Crippen molar-refractivity contribution < 1.29 is 32.5 Å². The van der Waals surface area contributed by atoms with E-state index in [1.54, 1.807) is 12.0 Å². The standard InChI is InChI=1S/C26H40F2N2O5/c1-17(2)5-6-20-24(3,35-20)22-21(32-4)19(7-9-25(22)16-33-25)34-23(31)30-13-18(14-30)8-11-29-12-10-26(27,28)15-29/h5,18-22H,6-16H2,1-4H3/t19?,20-,21?,22?,24+,25?/m1/s1. The van der Waals surface area contributed by atoms with Gasteiger partial charge in [-0.05, 0) is 58.9 Å². The Morgan fingerprint density at radius 3 is 2.57 bits per heavy atom. The number of hydrogen-bond donors (Lipinski definition) is 0. The van der Waals surface area contributed by atoms with E-state index in [-0.39, 0.29) is 54.5 Å². The highest BCUT2D eigenvalue weighted by atomic mass is 19.3. The highest BCUT2D eigenvalue weighted by Crippen LogP contribution is 2.59. The van der Waals surface area contributed by atoms with Crippen molar-refractivity contribution in [3.05, 3.63) is 11.6 Å². The van der Waals surface area contributed by atoms with Crippen LogP contribution in [0, 0.1) is 11.8 Å². The van der Waals surface area contributed by atoms with Crippen LogP contribution in [0.1, 0.15) is 52.9 Å². The van der Waals surface area contributed by atoms with Gasteiger partial charge in [0, 0.05) is 33.2 Å². The lowest BCUT2D eigenvalue weighted by Crippen LogP contribution is -2.57. The average Bonchev–Trinajstić information content (AvgIpc) is 3.64. The number of halogens is 2. The Morgan fingerprint density at radius 1 is 1.23 bits per heavy atom. The summed E-state index contributed by atoms with van der Waals surface area (Å²) in [5.41, 5.74) is 0.666. The van der Waals surface area contributed by atoms with Crippen molar-refractivity contribution in [1.82, 2.24) is 9.80 Å². The molecule has 4 saturated heterocycles. The van der Waals surface area contributed by atoms with Crippen molar-refractivity contribution in [3.8, 4) is 0 Å². The van der Waals surface area contributed by atoms with Crippen LogP contribution in [0.25, 0.3) is 0 Å². The SMILES string of the molecule is COC1C(OC(=O)N2CC(CCN3CCC(F)(F)C3)C2)CCC2(CO2)C1[C@@]1(C)O[C@@H]1CC=C(C)C. The number of amides is 1. The molecule has 0 aromatic rings. The quantitative estimate of drug-likeness (QED) is 0.374. The van der Waals surface area contributed by atoms with E-state index in [0.717, 1.165) is 19.3 Å². The summed E-state index contributed by atoms with van der Waals surface area (Å²) in [6.07, 6.45) is 4.54. The molecular weight excluding hydrogens is 458 g/mol. The first-order valence-corrected chi connectivity index (χ1v) is 13.1. The number of ether oxygens (including phenoxy) is 4. The van der Waals surface area contributed by atoms with Gasteiger partial charge in [0.15, 0.2) is 0 Å². The number of allylic oxidation sites excluding steroid dienone is 1. The van der Waals surface area contributed by atoms with Crippen LogP contribution in [-0.4, -0.2) is 97.8 Å². The van der Waals surface area contributed by atoms with Gasteiger partial charge >= 0.3 is 6.09 Å². The van der Waals surface area contributed by atoms with E-state index < -0.39 is 5.92 Å². The van der Waals surface area contributed by atoms with Crippen molar-refractivity contribution in [2.45, 2.75) is 88.3 Å². The van der Waals surface area contributed by atoms with Crippen molar-refractivity contribution in [3.63, 3.8) is 0 Å². The lowest BCUT2D eigenvalue weighted by molar-refractivity contribution is -0.124. The van der Waals surface area contributed by atoms with Crippen LogP contribution < -0.4 is 0 Å². The summed E-state index contributed by atoms with van der Waals surface area (Å²) in [6, 6.07) is 0. The van der Waals surface area contributed by atoms with Crippen LogP contribution >= 0.6 is 0 Å². The molecule has 4 unspecified atom stereocenters. The highest BCUT2D eigenvalue weighted by Gasteiger charge is 2.72. The molecule has 1 saturated carbocycles. The fraction of sp³-hybridized carbons (Fsp3) is 0.885. The molecule has 7 nitrogen and oxygen atoms in total. The predicted octanol–water partition coefficient (Wildman–Crippen LogP) is 3.86. The number of likely N-dealkylation sites (tertiary alicyclic amines) is 2. The molecule has 6 atom stereocenters. The molecule has 0 aromatic carbocycles. The van der Waals surface area contributed by atoms with Crippen LogP contribution in [0.5, 0.6) is 0 Å². The monoisotopic (exact) mass is 498 g/mol. The Bertz CT molecular complexity index is 840. The lowest BCUT2D eigenvalue weighted by atomic mass is 9.68. The lowest BCUT2D eigenvalue weighted by Gasteiger charge is -2.44. The maximum Gasteiger partial charge on any atom is 0.410 e. The third kappa shape index (κ3) is 5.11. The smallest absolute Gasteiger partial charge is 0.410 e. The summed E-state index contributed by atoms with van der Waals surface area (Å²) < 4.78 is 50.9. The molecule has 0 radical (unpaired) electrons. The molecule has 5 aliphatic rings. The number of alkyl halides is 2. The van der Waals surface area contributed by atoms with Crippen LogP contribution in [0.2, 0.25) is 0 Å². The molecule has 35 heavy (non-hydrogen) atoms. The van der Waals surface area contributed by atoms with Gasteiger partial charge in [0.05, 0.1) is 25.2 Å². The molecule has 1 aliphatic carbocycles. The zero-order valence-electron chi connectivity index (χ0n) is 21.4. The third-order valence-electron chi connectivity index (χ3n) is 8.81. The zero-order chi connectivity index (χ0) is 25.0. The van der Waals surface area contributed by atoms with E-state index in [1.165, 1.54) is 5.57 Å². The largest absolute Gasteiger partial charge is 0.443 e. The Hall–Kier alpha value is -1.29. The molecular formula is C26H40F2N2O5. The Morgan fingerprint density at radius 2 is 1.97 bits per heavy atom. The van der Waals surface area contributed by atoms with E-state index in [9.17, 15) is 13.6 Å². The molecule has 5 fully saturated rings. The van der Waals surface area contributed by atoms with E-state index in [4.69, 9.17) is 18.9 Å². The Labute approximate surface area is 207 Å². The second-order valence-electron chi connectivity index (χ2n) is 11.7. The third-order valence-corrected chi connectivity index (χ3v) is 8.81. The minimum absolute atomic E-state index is 0.00448. The second kappa shape index (κ2) is 9.23. The Balaban J connectivity index is 1.13. The van der Waals surface area contributed by atoms with Gasteiger partial charge < -0.3 is 23.8 Å². The highest BCUT2D eigenvalue weighted by molar-refractivity contribution is 5.69.